The Bertz CT molecular complexity index is 555. The summed E-state index contributed by atoms with van der Waals surface area (Å²) in [5.74, 6) is 1.84. The van der Waals surface area contributed by atoms with Crippen molar-refractivity contribution in [2.45, 2.75) is 19.8 Å². The number of ether oxygens (including phenoxy) is 1. The van der Waals surface area contributed by atoms with Gasteiger partial charge in [-0.25, -0.2) is 0 Å². The van der Waals surface area contributed by atoms with Gasteiger partial charge in [0.05, 0.1) is 13.7 Å². The third kappa shape index (κ3) is 4.20. The summed E-state index contributed by atoms with van der Waals surface area (Å²) in [5.41, 5.74) is 1.20. The van der Waals surface area contributed by atoms with Gasteiger partial charge in [0.15, 0.2) is 0 Å². The number of amides is 1. The van der Waals surface area contributed by atoms with Gasteiger partial charge in [0.25, 0.3) is 0 Å². The van der Waals surface area contributed by atoms with Crippen molar-refractivity contribution in [2.24, 2.45) is 5.92 Å². The molecule has 1 aromatic rings. The molecule has 0 aliphatic carbocycles. The third-order valence-corrected chi connectivity index (χ3v) is 5.16. The molecular weight excluding hydrogens is 302 g/mol. The van der Waals surface area contributed by atoms with Crippen LogP contribution in [0, 0.1) is 5.92 Å². The van der Waals surface area contributed by atoms with E-state index in [0.29, 0.717) is 18.4 Å². The van der Waals surface area contributed by atoms with E-state index in [9.17, 15) is 4.79 Å². The minimum Gasteiger partial charge on any atom is -0.497 e. The molecule has 1 atom stereocenters. The topological polar surface area (TPSA) is 36.0 Å². The molecule has 1 aromatic carbocycles. The van der Waals surface area contributed by atoms with Crippen molar-refractivity contribution in [3.63, 3.8) is 0 Å². The minimum atomic E-state index is 0.302. The summed E-state index contributed by atoms with van der Waals surface area (Å²) in [5, 5.41) is 0. The molecule has 2 heterocycles. The molecule has 1 unspecified atom stereocenters. The van der Waals surface area contributed by atoms with Crippen LogP contribution in [-0.4, -0.2) is 68.6 Å². The molecule has 24 heavy (non-hydrogen) atoms. The fourth-order valence-electron chi connectivity index (χ4n) is 3.68. The van der Waals surface area contributed by atoms with Gasteiger partial charge in [-0.3, -0.25) is 9.69 Å². The fourth-order valence-corrected chi connectivity index (χ4v) is 3.68. The molecule has 0 radical (unpaired) electrons. The smallest absolute Gasteiger partial charge is 0.236 e. The van der Waals surface area contributed by atoms with Crippen molar-refractivity contribution in [1.29, 1.82) is 0 Å². The number of carbonyl (C=O) groups excluding carboxylic acids is 1. The Morgan fingerprint density at radius 2 is 2.00 bits per heavy atom. The van der Waals surface area contributed by atoms with E-state index >= 15 is 0 Å². The van der Waals surface area contributed by atoms with Gasteiger partial charge in [0.2, 0.25) is 5.91 Å². The van der Waals surface area contributed by atoms with E-state index in [1.54, 1.807) is 7.11 Å². The standard InChI is InChI=1S/C19H29N3O2/c1-16-5-4-8-22(14-16)19(23)15-20-9-11-21(12-10-20)17-6-3-7-18(13-17)24-2/h3,6-7,13,16H,4-5,8-12,14-15H2,1-2H3. The highest BCUT2D eigenvalue weighted by Crippen LogP contribution is 2.22. The zero-order valence-electron chi connectivity index (χ0n) is 14.9. The van der Waals surface area contributed by atoms with Crippen LogP contribution < -0.4 is 9.64 Å². The molecule has 0 N–H and O–H groups in total. The number of methoxy groups -OCH3 is 1. The maximum atomic E-state index is 12.5. The lowest BCUT2D eigenvalue weighted by Gasteiger charge is -2.37. The van der Waals surface area contributed by atoms with E-state index in [0.717, 1.165) is 51.4 Å². The number of benzene rings is 1. The van der Waals surface area contributed by atoms with E-state index in [1.165, 1.54) is 12.1 Å². The number of nitrogens with zero attached hydrogens (tertiary/aromatic N) is 3. The number of hydrogen-bond acceptors (Lipinski definition) is 4. The summed E-state index contributed by atoms with van der Waals surface area (Å²) >= 11 is 0. The van der Waals surface area contributed by atoms with Crippen molar-refractivity contribution in [3.05, 3.63) is 24.3 Å². The Labute approximate surface area is 145 Å². The first-order valence-electron chi connectivity index (χ1n) is 9.05. The van der Waals surface area contributed by atoms with Gasteiger partial charge in [-0.1, -0.05) is 13.0 Å². The lowest BCUT2D eigenvalue weighted by Crippen LogP contribution is -2.51. The van der Waals surface area contributed by atoms with Gasteiger partial charge in [0.1, 0.15) is 5.75 Å². The minimum absolute atomic E-state index is 0.302. The maximum Gasteiger partial charge on any atom is 0.236 e. The van der Waals surface area contributed by atoms with Crippen molar-refractivity contribution in [3.8, 4) is 5.75 Å². The molecule has 2 aliphatic rings. The Kier molecular flexibility index (Phi) is 5.61. The highest BCUT2D eigenvalue weighted by Gasteiger charge is 2.24. The van der Waals surface area contributed by atoms with Crippen LogP contribution in [0.2, 0.25) is 0 Å². The molecule has 0 aromatic heterocycles. The van der Waals surface area contributed by atoms with Crippen molar-refractivity contribution < 1.29 is 9.53 Å². The van der Waals surface area contributed by atoms with Gasteiger partial charge in [0, 0.05) is 51.0 Å². The van der Waals surface area contributed by atoms with Gasteiger partial charge in [-0.15, -0.1) is 0 Å². The van der Waals surface area contributed by atoms with E-state index in [4.69, 9.17) is 4.74 Å². The fraction of sp³-hybridized carbons (Fsp3) is 0.632. The number of anilines is 1. The number of likely N-dealkylation sites (tertiary alicyclic amines) is 1. The van der Waals surface area contributed by atoms with Crippen LogP contribution in [-0.2, 0) is 4.79 Å². The second-order valence-electron chi connectivity index (χ2n) is 7.05. The number of carbonyl (C=O) groups is 1. The van der Waals surface area contributed by atoms with E-state index < -0.39 is 0 Å². The second-order valence-corrected chi connectivity index (χ2v) is 7.05. The molecule has 0 spiro atoms. The first-order chi connectivity index (χ1) is 11.7. The normalized spacial score (nSPS) is 22.5. The van der Waals surface area contributed by atoms with Gasteiger partial charge < -0.3 is 14.5 Å². The molecular formula is C19H29N3O2. The Morgan fingerprint density at radius 1 is 1.21 bits per heavy atom. The molecule has 2 saturated heterocycles. The van der Waals surface area contributed by atoms with Crippen LogP contribution in [0.25, 0.3) is 0 Å². The monoisotopic (exact) mass is 331 g/mol. The largest absolute Gasteiger partial charge is 0.497 e. The first kappa shape index (κ1) is 17.1. The Balaban J connectivity index is 1.49. The molecule has 0 bridgehead atoms. The summed E-state index contributed by atoms with van der Waals surface area (Å²) in [4.78, 5) is 19.2. The molecule has 2 fully saturated rings. The molecule has 5 nitrogen and oxygen atoms in total. The van der Waals surface area contributed by atoms with Crippen LogP contribution in [0.4, 0.5) is 5.69 Å². The first-order valence-corrected chi connectivity index (χ1v) is 9.05. The highest BCUT2D eigenvalue weighted by atomic mass is 16.5. The summed E-state index contributed by atoms with van der Waals surface area (Å²) < 4.78 is 5.31. The van der Waals surface area contributed by atoms with Crippen molar-refractivity contribution in [2.75, 3.05) is 57.8 Å². The number of hydrogen-bond donors (Lipinski definition) is 0. The van der Waals surface area contributed by atoms with Crippen LogP contribution in [0.5, 0.6) is 5.75 Å². The molecule has 2 aliphatic heterocycles. The Morgan fingerprint density at radius 3 is 2.71 bits per heavy atom. The average Bonchev–Trinajstić information content (AvgIpc) is 2.62. The predicted octanol–water partition coefficient (Wildman–Crippen LogP) is 2.08. The van der Waals surface area contributed by atoms with E-state index in [1.807, 2.05) is 12.1 Å². The van der Waals surface area contributed by atoms with Crippen LogP contribution in [0.1, 0.15) is 19.8 Å². The number of rotatable bonds is 4. The Hall–Kier alpha value is -1.75. The quantitative estimate of drug-likeness (QED) is 0.846. The second kappa shape index (κ2) is 7.88. The molecule has 0 saturated carbocycles. The number of piperazine rings is 1. The molecule has 1 amide bonds. The third-order valence-electron chi connectivity index (χ3n) is 5.16. The van der Waals surface area contributed by atoms with Gasteiger partial charge >= 0.3 is 0 Å². The number of piperidine rings is 1. The molecule has 132 valence electrons. The lowest BCUT2D eigenvalue weighted by atomic mass is 10.0. The highest BCUT2D eigenvalue weighted by molar-refractivity contribution is 5.78. The summed E-state index contributed by atoms with van der Waals surface area (Å²) in [6, 6.07) is 8.20. The van der Waals surface area contributed by atoms with Crippen molar-refractivity contribution in [1.82, 2.24) is 9.80 Å². The SMILES string of the molecule is COc1cccc(N2CCN(CC(=O)N3CCCC(C)C3)CC2)c1. The van der Waals surface area contributed by atoms with Crippen LogP contribution in [0.3, 0.4) is 0 Å². The molecule has 3 rings (SSSR count). The summed E-state index contributed by atoms with van der Waals surface area (Å²) in [6.07, 6.45) is 2.40. The van der Waals surface area contributed by atoms with E-state index in [-0.39, 0.29) is 0 Å². The van der Waals surface area contributed by atoms with E-state index in [2.05, 4.69) is 33.8 Å². The van der Waals surface area contributed by atoms with Gasteiger partial charge in [-0.2, -0.15) is 0 Å². The summed E-state index contributed by atoms with van der Waals surface area (Å²) in [6.45, 7) is 8.47. The van der Waals surface area contributed by atoms with Crippen LogP contribution >= 0.6 is 0 Å². The van der Waals surface area contributed by atoms with Crippen molar-refractivity contribution >= 4 is 11.6 Å². The predicted molar refractivity (Wildman–Crippen MR) is 96.6 cm³/mol. The van der Waals surface area contributed by atoms with Gasteiger partial charge in [-0.05, 0) is 30.9 Å². The maximum absolute atomic E-state index is 12.5. The lowest BCUT2D eigenvalue weighted by molar-refractivity contribution is -0.134. The van der Waals surface area contributed by atoms with Crippen LogP contribution in [0.15, 0.2) is 24.3 Å². The average molecular weight is 331 g/mol. The summed E-state index contributed by atoms with van der Waals surface area (Å²) in [7, 11) is 1.70. The molecule has 5 heteroatoms. The zero-order valence-corrected chi connectivity index (χ0v) is 14.9. The zero-order chi connectivity index (χ0) is 16.9.